The second-order valence-electron chi connectivity index (χ2n) is 11.0. The number of amidine groups is 1. The Morgan fingerprint density at radius 2 is 1.50 bits per heavy atom. The van der Waals surface area contributed by atoms with Crippen molar-refractivity contribution in [2.75, 3.05) is 59.0 Å². The first kappa shape index (κ1) is 30.3. The molecule has 13 heteroatoms. The molecule has 3 aliphatic rings. The number of carbonyl (C=O) groups is 2. The molecule has 2 atom stereocenters. The van der Waals surface area contributed by atoms with Gasteiger partial charge in [-0.15, -0.1) is 0 Å². The van der Waals surface area contributed by atoms with Crippen LogP contribution in [-0.2, 0) is 9.53 Å². The highest BCUT2D eigenvalue weighted by Gasteiger charge is 2.45. The van der Waals surface area contributed by atoms with Gasteiger partial charge in [-0.2, -0.15) is 4.98 Å². The molecule has 4 heterocycles. The van der Waals surface area contributed by atoms with Gasteiger partial charge < -0.3 is 19.6 Å². The standard InChI is InChI=1S/C31H33Cl2N7O4/c1-20-34-18-25(30(42)35-20)29-36-27(21-2-6-23(32)7-3-21)28(22-4-8-24(33)9-5-22)40(29)31(43)39-12-10-37(11-13-39)19-26(41)38-14-16-44-17-15-38/h2-9,18,27-28H,10-17,19H2,1H3,(H,34,35,42)/t27-,28+/m0/s1. The lowest BCUT2D eigenvalue weighted by Crippen LogP contribution is -2.56. The van der Waals surface area contributed by atoms with Gasteiger partial charge in [0.2, 0.25) is 11.8 Å². The molecule has 44 heavy (non-hydrogen) atoms. The van der Waals surface area contributed by atoms with Gasteiger partial charge in [-0.1, -0.05) is 47.5 Å². The Bertz CT molecular complexity index is 1540. The quantitative estimate of drug-likeness (QED) is 0.451. The molecule has 3 aliphatic heterocycles. The zero-order chi connectivity index (χ0) is 30.8. The Hall–Kier alpha value is -3.77. The molecule has 3 aromatic rings. The zero-order valence-electron chi connectivity index (χ0n) is 24.3. The number of aromatic nitrogens is 2. The van der Waals surface area contributed by atoms with Crippen LogP contribution in [0.3, 0.4) is 0 Å². The molecule has 11 nitrogen and oxygen atoms in total. The molecular weight excluding hydrogens is 605 g/mol. The molecule has 2 saturated heterocycles. The van der Waals surface area contributed by atoms with E-state index in [-0.39, 0.29) is 29.2 Å². The highest BCUT2D eigenvalue weighted by molar-refractivity contribution is 6.30. The molecular formula is C31H33Cl2N7O4. The number of piperazine rings is 1. The third-order valence-electron chi connectivity index (χ3n) is 8.19. The molecule has 0 aliphatic carbocycles. The number of halogens is 2. The number of rotatable bonds is 5. The van der Waals surface area contributed by atoms with Crippen molar-refractivity contribution in [3.05, 3.63) is 87.3 Å². The number of aryl methyl sites for hydroxylation is 1. The lowest BCUT2D eigenvalue weighted by atomic mass is 9.94. The van der Waals surface area contributed by atoms with Gasteiger partial charge in [-0.25, -0.2) is 9.78 Å². The van der Waals surface area contributed by atoms with Crippen molar-refractivity contribution in [3.63, 3.8) is 0 Å². The van der Waals surface area contributed by atoms with Gasteiger partial charge >= 0.3 is 6.03 Å². The zero-order valence-corrected chi connectivity index (χ0v) is 25.8. The molecule has 230 valence electrons. The van der Waals surface area contributed by atoms with Gasteiger partial charge in [0.15, 0.2) is 0 Å². The van der Waals surface area contributed by atoms with Crippen molar-refractivity contribution in [2.45, 2.75) is 19.0 Å². The Labute approximate surface area is 265 Å². The number of benzene rings is 2. The van der Waals surface area contributed by atoms with Gasteiger partial charge in [-0.3, -0.25) is 19.6 Å². The molecule has 1 aromatic heterocycles. The summed E-state index contributed by atoms with van der Waals surface area (Å²) in [6, 6.07) is 13.4. The van der Waals surface area contributed by atoms with E-state index in [1.807, 2.05) is 29.2 Å². The topological polar surface area (TPSA) is 115 Å². The van der Waals surface area contributed by atoms with Gasteiger partial charge in [0.25, 0.3) is 0 Å². The fraction of sp³-hybridized carbons (Fsp3) is 0.387. The molecule has 6 rings (SSSR count). The van der Waals surface area contributed by atoms with Crippen molar-refractivity contribution in [3.8, 4) is 5.88 Å². The van der Waals surface area contributed by atoms with Gasteiger partial charge in [0.05, 0.1) is 31.4 Å². The second kappa shape index (κ2) is 13.1. The summed E-state index contributed by atoms with van der Waals surface area (Å²) in [6.07, 6.45) is 1.50. The molecule has 0 saturated carbocycles. The lowest BCUT2D eigenvalue weighted by Gasteiger charge is -2.39. The first-order valence-corrected chi connectivity index (χ1v) is 15.3. The Balaban J connectivity index is 1.31. The largest absolute Gasteiger partial charge is 0.493 e. The van der Waals surface area contributed by atoms with Gasteiger partial charge in [-0.05, 0) is 42.3 Å². The average molecular weight is 639 g/mol. The molecule has 0 radical (unpaired) electrons. The smallest absolute Gasteiger partial charge is 0.326 e. The van der Waals surface area contributed by atoms with E-state index in [9.17, 15) is 14.7 Å². The van der Waals surface area contributed by atoms with Crippen LogP contribution in [0.5, 0.6) is 5.88 Å². The SMILES string of the molecule is Cc1ncc(C2=N[C@@H](c3ccc(Cl)cc3)[C@@H](c3ccc(Cl)cc3)N2C(=O)N2CCN(CC(=O)N3CCOCC3)CC2)c(O)n1. The molecule has 1 N–H and O–H groups in total. The first-order chi connectivity index (χ1) is 21.3. The first-order valence-electron chi connectivity index (χ1n) is 14.6. The average Bonchev–Trinajstić information content (AvgIpc) is 3.42. The van der Waals surface area contributed by atoms with E-state index in [1.165, 1.54) is 6.20 Å². The van der Waals surface area contributed by atoms with Gasteiger partial charge in [0.1, 0.15) is 17.7 Å². The van der Waals surface area contributed by atoms with Crippen LogP contribution in [0.15, 0.2) is 59.7 Å². The fourth-order valence-corrected chi connectivity index (χ4v) is 6.08. The molecule has 0 bridgehead atoms. The third kappa shape index (κ3) is 6.37. The molecule has 0 unspecified atom stereocenters. The number of nitrogens with zero attached hydrogens (tertiary/aromatic N) is 7. The molecule has 2 aromatic carbocycles. The van der Waals surface area contributed by atoms with Gasteiger partial charge in [0, 0.05) is 55.5 Å². The predicted octanol–water partition coefficient (Wildman–Crippen LogP) is 3.94. The number of hydrogen-bond acceptors (Lipinski definition) is 8. The monoisotopic (exact) mass is 637 g/mol. The number of hydrogen-bond donors (Lipinski definition) is 1. The molecule has 3 amide bonds. The van der Waals surface area contributed by atoms with Crippen molar-refractivity contribution in [1.82, 2.24) is 29.6 Å². The summed E-state index contributed by atoms with van der Waals surface area (Å²) in [5.74, 6) is 0.490. The van der Waals surface area contributed by atoms with E-state index in [1.54, 1.807) is 41.0 Å². The molecule has 0 spiro atoms. The van der Waals surface area contributed by atoms with Crippen LogP contribution in [-0.4, -0.2) is 111 Å². The maximum Gasteiger partial charge on any atom is 0.326 e. The van der Waals surface area contributed by atoms with Crippen LogP contribution in [0.1, 0.15) is 34.6 Å². The van der Waals surface area contributed by atoms with E-state index in [2.05, 4.69) is 14.9 Å². The minimum absolute atomic E-state index is 0.0745. The summed E-state index contributed by atoms with van der Waals surface area (Å²) in [4.78, 5) is 48.1. The Morgan fingerprint density at radius 1 is 0.886 bits per heavy atom. The highest BCUT2D eigenvalue weighted by Crippen LogP contribution is 2.45. The summed E-state index contributed by atoms with van der Waals surface area (Å²) in [7, 11) is 0. The summed E-state index contributed by atoms with van der Waals surface area (Å²) in [5, 5.41) is 12.1. The number of ether oxygens (including phenoxy) is 1. The highest BCUT2D eigenvalue weighted by atomic mass is 35.5. The Morgan fingerprint density at radius 3 is 2.11 bits per heavy atom. The molecule has 2 fully saturated rings. The van der Waals surface area contributed by atoms with Crippen molar-refractivity contribution < 1.29 is 19.4 Å². The summed E-state index contributed by atoms with van der Waals surface area (Å²) >= 11 is 12.5. The van der Waals surface area contributed by atoms with Crippen LogP contribution in [0.25, 0.3) is 0 Å². The number of morpholine rings is 1. The van der Waals surface area contributed by atoms with Crippen LogP contribution in [0.4, 0.5) is 4.79 Å². The number of aliphatic imine (C=N–C) groups is 1. The maximum atomic E-state index is 14.5. The summed E-state index contributed by atoms with van der Waals surface area (Å²) < 4.78 is 5.37. The summed E-state index contributed by atoms with van der Waals surface area (Å²) in [6.45, 7) is 6.25. The predicted molar refractivity (Wildman–Crippen MR) is 166 cm³/mol. The van der Waals surface area contributed by atoms with Crippen molar-refractivity contribution >= 4 is 41.0 Å². The number of urea groups is 1. The van der Waals surface area contributed by atoms with Crippen molar-refractivity contribution in [1.29, 1.82) is 0 Å². The Kier molecular flexibility index (Phi) is 8.99. The minimum atomic E-state index is -0.558. The van der Waals surface area contributed by atoms with Crippen LogP contribution < -0.4 is 0 Å². The summed E-state index contributed by atoms with van der Waals surface area (Å²) in [5.41, 5.74) is 1.93. The number of aromatic hydroxyl groups is 1. The maximum absolute atomic E-state index is 14.5. The number of amides is 3. The second-order valence-corrected chi connectivity index (χ2v) is 11.9. The van der Waals surface area contributed by atoms with Crippen LogP contribution >= 0.6 is 23.2 Å². The van der Waals surface area contributed by atoms with E-state index in [0.717, 1.165) is 11.1 Å². The minimum Gasteiger partial charge on any atom is -0.493 e. The van der Waals surface area contributed by atoms with E-state index in [0.29, 0.717) is 74.9 Å². The normalized spacial score (nSPS) is 21.0. The third-order valence-corrected chi connectivity index (χ3v) is 8.70. The van der Waals surface area contributed by atoms with E-state index < -0.39 is 12.1 Å². The van der Waals surface area contributed by atoms with E-state index in [4.69, 9.17) is 32.9 Å². The van der Waals surface area contributed by atoms with Crippen molar-refractivity contribution in [2.24, 2.45) is 4.99 Å². The van der Waals surface area contributed by atoms with E-state index >= 15 is 0 Å². The fourth-order valence-electron chi connectivity index (χ4n) is 5.82. The number of carbonyl (C=O) groups excluding carboxylic acids is 2. The van der Waals surface area contributed by atoms with Crippen LogP contribution in [0.2, 0.25) is 10.0 Å². The lowest BCUT2D eigenvalue weighted by molar-refractivity contribution is -0.136. The van der Waals surface area contributed by atoms with Crippen LogP contribution in [0, 0.1) is 6.92 Å².